The molecule has 2 aliphatic rings. The van der Waals surface area contributed by atoms with Gasteiger partial charge in [-0.25, -0.2) is 4.24 Å². The van der Waals surface area contributed by atoms with Gasteiger partial charge in [0.05, 0.1) is 0 Å². The van der Waals surface area contributed by atoms with Crippen molar-refractivity contribution >= 4 is 6.08 Å². The first-order chi connectivity index (χ1) is 9.60. The lowest BCUT2D eigenvalue weighted by Crippen LogP contribution is -2.40. The summed E-state index contributed by atoms with van der Waals surface area (Å²) in [5.74, 6) is 1.39. The quantitative estimate of drug-likeness (QED) is 0.507. The van der Waals surface area contributed by atoms with Crippen molar-refractivity contribution in [3.05, 3.63) is 77.7 Å². The van der Waals surface area contributed by atoms with Crippen molar-refractivity contribution in [3.8, 4) is 11.3 Å². The number of aromatic nitrogens is 1. The summed E-state index contributed by atoms with van der Waals surface area (Å²) in [7, 11) is 0. The van der Waals surface area contributed by atoms with E-state index in [-0.39, 0.29) is 5.41 Å². The van der Waals surface area contributed by atoms with E-state index in [0.29, 0.717) is 0 Å². The molecule has 1 heterocycles. The third-order valence-corrected chi connectivity index (χ3v) is 4.58. The molecule has 1 aromatic carbocycles. The molecule has 0 saturated carbocycles. The second-order valence-electron chi connectivity index (χ2n) is 6.07. The molecule has 4 rings (SSSR count). The van der Waals surface area contributed by atoms with Gasteiger partial charge in [-0.3, -0.25) is 0 Å². The van der Waals surface area contributed by atoms with Gasteiger partial charge in [0.2, 0.25) is 0 Å². The van der Waals surface area contributed by atoms with Gasteiger partial charge in [-0.15, -0.1) is 24.1 Å². The maximum absolute atomic E-state index is 4.18. The number of allylic oxidation sites excluding steroid dienone is 2. The van der Waals surface area contributed by atoms with Crippen LogP contribution in [0.1, 0.15) is 25.0 Å². The third kappa shape index (κ3) is 1.27. The van der Waals surface area contributed by atoms with Crippen LogP contribution in [0.4, 0.5) is 0 Å². The van der Waals surface area contributed by atoms with Gasteiger partial charge < -0.3 is 0 Å². The monoisotopic (exact) mass is 259 g/mol. The second kappa shape index (κ2) is 3.63. The average molecular weight is 259 g/mol. The van der Waals surface area contributed by atoms with Gasteiger partial charge in [0.1, 0.15) is 12.4 Å². The van der Waals surface area contributed by atoms with E-state index in [1.54, 1.807) is 0 Å². The number of hydrogen-bond donors (Lipinski definition) is 0. The Morgan fingerprint density at radius 2 is 1.95 bits per heavy atom. The van der Waals surface area contributed by atoms with Crippen molar-refractivity contribution in [1.29, 1.82) is 0 Å². The summed E-state index contributed by atoms with van der Waals surface area (Å²) in [4.78, 5) is 0. The fourth-order valence-corrected chi connectivity index (χ4v) is 3.55. The Balaban J connectivity index is 2.25. The van der Waals surface area contributed by atoms with Crippen LogP contribution >= 0.6 is 0 Å². The predicted octanol–water partition coefficient (Wildman–Crippen LogP) is 2.84. The van der Waals surface area contributed by atoms with Gasteiger partial charge >= 0.3 is 0 Å². The molecule has 0 aliphatic heterocycles. The molecule has 0 unspecified atom stereocenters. The standard InChI is InChI=1S/C19H17N/c1-19(2)15-9-5-4-8-14(15)18-17-13(11-12-20(18)3)7-6-10-16(17)19/h4-12H,3H2,1-2H3. The van der Waals surface area contributed by atoms with Gasteiger partial charge in [0.15, 0.2) is 6.20 Å². The van der Waals surface area contributed by atoms with Crippen LogP contribution < -0.4 is 9.46 Å². The van der Waals surface area contributed by atoms with E-state index in [1.165, 1.54) is 33.5 Å². The van der Waals surface area contributed by atoms with Gasteiger partial charge in [0.25, 0.3) is 0 Å². The topological polar surface area (TPSA) is 5.90 Å². The van der Waals surface area contributed by atoms with Crippen molar-refractivity contribution in [1.82, 2.24) is 0 Å². The lowest BCUT2D eigenvalue weighted by Gasteiger charge is -2.45. The molecule has 0 amide bonds. The molecule has 0 spiro atoms. The Kier molecular flexibility index (Phi) is 2.10. The van der Waals surface area contributed by atoms with Crippen LogP contribution in [0.2, 0.25) is 0 Å². The first-order valence-electron chi connectivity index (χ1n) is 6.99. The molecule has 2 aromatic rings. The zero-order valence-corrected chi connectivity index (χ0v) is 11.9. The molecule has 0 radical (unpaired) electrons. The van der Waals surface area contributed by atoms with Gasteiger partial charge in [-0.2, -0.15) is 0 Å². The Morgan fingerprint density at radius 3 is 2.80 bits per heavy atom. The van der Waals surface area contributed by atoms with E-state index in [4.69, 9.17) is 0 Å². The molecule has 1 nitrogen and oxygen atoms in total. The van der Waals surface area contributed by atoms with Crippen molar-refractivity contribution < 1.29 is 4.24 Å². The highest BCUT2D eigenvalue weighted by molar-refractivity contribution is 5.78. The summed E-state index contributed by atoms with van der Waals surface area (Å²) in [5, 5.41) is 1.29. The van der Waals surface area contributed by atoms with Gasteiger partial charge in [-0.05, 0) is 17.0 Å². The maximum Gasteiger partial charge on any atom is 0.156 e. The zero-order chi connectivity index (χ0) is 13.9. The first-order valence-corrected chi connectivity index (χ1v) is 6.99. The SMILES string of the molecule is C=[n+]1ccc2c3c1-c1ccccc1C(C)(C)[C-]3C=CC=2. The van der Waals surface area contributed by atoms with Crippen molar-refractivity contribution in [2.75, 3.05) is 0 Å². The normalized spacial score (nSPS) is 17.2. The van der Waals surface area contributed by atoms with E-state index in [1.807, 2.05) is 4.24 Å². The minimum absolute atomic E-state index is 0.0253. The molecule has 1 aromatic heterocycles. The van der Waals surface area contributed by atoms with Gasteiger partial charge in [0, 0.05) is 5.56 Å². The maximum atomic E-state index is 4.18. The van der Waals surface area contributed by atoms with E-state index in [9.17, 15) is 0 Å². The van der Waals surface area contributed by atoms with Crippen LogP contribution in [0.5, 0.6) is 0 Å². The Bertz CT molecular complexity index is 856. The molecule has 0 atom stereocenters. The molecule has 0 fully saturated rings. The smallest absolute Gasteiger partial charge is 0.156 e. The minimum atomic E-state index is 0.0253. The van der Waals surface area contributed by atoms with Crippen LogP contribution in [-0.4, -0.2) is 0 Å². The van der Waals surface area contributed by atoms with Crippen molar-refractivity contribution in [2.45, 2.75) is 19.3 Å². The minimum Gasteiger partial charge on any atom is -0.214 e. The highest BCUT2D eigenvalue weighted by Crippen LogP contribution is 2.48. The lowest BCUT2D eigenvalue weighted by atomic mass is 9.63. The fourth-order valence-electron chi connectivity index (χ4n) is 3.55. The summed E-state index contributed by atoms with van der Waals surface area (Å²) in [5.41, 5.74) is 5.28. The molecule has 98 valence electrons. The summed E-state index contributed by atoms with van der Waals surface area (Å²) in [6.45, 7) is 8.80. The lowest BCUT2D eigenvalue weighted by molar-refractivity contribution is -0.486. The highest BCUT2D eigenvalue weighted by Gasteiger charge is 2.36. The summed E-state index contributed by atoms with van der Waals surface area (Å²) in [6, 6.07) is 10.8. The van der Waals surface area contributed by atoms with Crippen LogP contribution in [0.15, 0.2) is 48.7 Å². The molecule has 1 heteroatoms. The number of pyridine rings is 1. The molecule has 0 N–H and O–H groups in total. The molecular formula is C19H17N. The number of rotatable bonds is 0. The van der Waals surface area contributed by atoms with E-state index in [2.05, 4.69) is 75.3 Å². The van der Waals surface area contributed by atoms with Crippen LogP contribution in [0, 0.1) is 12.6 Å². The molecule has 0 saturated heterocycles. The van der Waals surface area contributed by atoms with Crippen LogP contribution in [0.25, 0.3) is 17.3 Å². The van der Waals surface area contributed by atoms with Crippen molar-refractivity contribution in [2.24, 2.45) is 0 Å². The summed E-state index contributed by atoms with van der Waals surface area (Å²) < 4.78 is 2.00. The second-order valence-corrected chi connectivity index (χ2v) is 6.07. The van der Waals surface area contributed by atoms with Crippen molar-refractivity contribution in [3.63, 3.8) is 0 Å². The van der Waals surface area contributed by atoms with E-state index >= 15 is 0 Å². The van der Waals surface area contributed by atoms with E-state index in [0.717, 1.165) is 0 Å². The third-order valence-electron chi connectivity index (χ3n) is 4.58. The molecule has 2 aliphatic carbocycles. The Labute approximate surface area is 119 Å². The first kappa shape index (κ1) is 11.5. The largest absolute Gasteiger partial charge is 0.214 e. The summed E-state index contributed by atoms with van der Waals surface area (Å²) in [6.07, 6.45) is 8.65. The number of nitrogens with zero attached hydrogens (tertiary/aromatic N) is 1. The molecular weight excluding hydrogens is 242 g/mol. The Hall–Kier alpha value is -2.28. The Morgan fingerprint density at radius 1 is 1.15 bits per heavy atom. The highest BCUT2D eigenvalue weighted by atomic mass is 14.8. The number of fused-ring (bicyclic) bond motifs is 2. The van der Waals surface area contributed by atoms with Crippen LogP contribution in [-0.2, 0) is 5.41 Å². The van der Waals surface area contributed by atoms with Crippen LogP contribution in [0.3, 0.4) is 0 Å². The molecule has 0 bridgehead atoms. The number of hydrogen-bond acceptors (Lipinski definition) is 0. The predicted molar refractivity (Wildman–Crippen MR) is 81.4 cm³/mol. The van der Waals surface area contributed by atoms with Gasteiger partial charge in [-0.1, -0.05) is 48.9 Å². The average Bonchev–Trinajstić information content (AvgIpc) is 2.46. The number of benzene rings is 1. The fraction of sp³-hybridized carbons (Fsp3) is 0.158. The summed E-state index contributed by atoms with van der Waals surface area (Å²) >= 11 is 0. The zero-order valence-electron chi connectivity index (χ0n) is 11.9. The van der Waals surface area contributed by atoms with E-state index < -0.39 is 0 Å². The molecule has 20 heavy (non-hydrogen) atoms.